The molecule has 0 saturated carbocycles. The van der Waals surface area contributed by atoms with Crippen LogP contribution in [0.1, 0.15) is 10.4 Å². The highest BCUT2D eigenvalue weighted by molar-refractivity contribution is 6.32. The summed E-state index contributed by atoms with van der Waals surface area (Å²) in [6.45, 7) is 0. The molecular formula is C13H8ClNO4. The van der Waals surface area contributed by atoms with Crippen LogP contribution in [0.3, 0.4) is 0 Å². The molecule has 0 atom stereocenters. The van der Waals surface area contributed by atoms with E-state index in [9.17, 15) is 14.9 Å². The molecule has 0 bridgehead atoms. The van der Waals surface area contributed by atoms with E-state index >= 15 is 0 Å². The Hall–Kier alpha value is -2.40. The fourth-order valence-electron chi connectivity index (χ4n) is 1.46. The van der Waals surface area contributed by atoms with Gasteiger partial charge in [0.05, 0.1) is 16.0 Å². The van der Waals surface area contributed by atoms with Gasteiger partial charge in [0.25, 0.3) is 5.69 Å². The number of halogens is 1. The second kappa shape index (κ2) is 5.49. The van der Waals surface area contributed by atoms with E-state index in [0.717, 1.165) is 0 Å². The van der Waals surface area contributed by atoms with Gasteiger partial charge in [-0.3, -0.25) is 14.9 Å². The summed E-state index contributed by atoms with van der Waals surface area (Å²) in [6.07, 6.45) is 0.670. The first-order valence-corrected chi connectivity index (χ1v) is 5.65. The molecule has 0 amide bonds. The number of nitro benzene ring substituents is 1. The fourth-order valence-corrected chi connectivity index (χ4v) is 1.69. The van der Waals surface area contributed by atoms with Crippen LogP contribution in [0.4, 0.5) is 5.69 Å². The fraction of sp³-hybridized carbons (Fsp3) is 0. The van der Waals surface area contributed by atoms with E-state index in [4.69, 9.17) is 16.3 Å². The van der Waals surface area contributed by atoms with Crippen LogP contribution in [-0.2, 0) is 0 Å². The summed E-state index contributed by atoms with van der Waals surface area (Å²) >= 11 is 5.94. The molecule has 6 heteroatoms. The predicted molar refractivity (Wildman–Crippen MR) is 70.0 cm³/mol. The van der Waals surface area contributed by atoms with Gasteiger partial charge in [-0.15, -0.1) is 0 Å². The van der Waals surface area contributed by atoms with Crippen molar-refractivity contribution < 1.29 is 14.5 Å². The van der Waals surface area contributed by atoms with Crippen LogP contribution < -0.4 is 4.74 Å². The Labute approximate surface area is 113 Å². The molecule has 0 radical (unpaired) electrons. The molecule has 0 aliphatic rings. The number of carbonyl (C=O) groups is 1. The molecule has 0 saturated heterocycles. The van der Waals surface area contributed by atoms with Crippen molar-refractivity contribution in [3.8, 4) is 11.5 Å². The Morgan fingerprint density at radius 3 is 2.63 bits per heavy atom. The zero-order chi connectivity index (χ0) is 13.8. The van der Waals surface area contributed by atoms with Gasteiger partial charge in [0.2, 0.25) is 0 Å². The number of carbonyl (C=O) groups excluding carboxylic acids is 1. The summed E-state index contributed by atoms with van der Waals surface area (Å²) < 4.78 is 5.45. The number of hydrogen-bond donors (Lipinski definition) is 0. The zero-order valence-corrected chi connectivity index (χ0v) is 10.3. The van der Waals surface area contributed by atoms with E-state index in [1.54, 1.807) is 12.1 Å². The maximum absolute atomic E-state index is 10.6. The van der Waals surface area contributed by atoms with E-state index in [1.165, 1.54) is 30.3 Å². The maximum atomic E-state index is 10.6. The molecule has 0 N–H and O–H groups in total. The predicted octanol–water partition coefficient (Wildman–Crippen LogP) is 3.85. The number of rotatable bonds is 4. The van der Waals surface area contributed by atoms with E-state index in [2.05, 4.69) is 0 Å². The van der Waals surface area contributed by atoms with Crippen molar-refractivity contribution in [2.24, 2.45) is 0 Å². The highest BCUT2D eigenvalue weighted by Crippen LogP contribution is 2.31. The van der Waals surface area contributed by atoms with Gasteiger partial charge < -0.3 is 4.74 Å². The second-order valence-electron chi connectivity index (χ2n) is 3.66. The summed E-state index contributed by atoms with van der Waals surface area (Å²) in [6, 6.07) is 10.3. The standard InChI is InChI=1S/C13H8ClNO4/c14-12-6-9(8-16)4-5-13(12)19-11-3-1-2-10(7-11)15(17)18/h1-8H. The van der Waals surface area contributed by atoms with Gasteiger partial charge in [-0.05, 0) is 24.3 Å². The molecule has 5 nitrogen and oxygen atoms in total. The smallest absolute Gasteiger partial charge is 0.273 e. The lowest BCUT2D eigenvalue weighted by Crippen LogP contribution is -1.90. The second-order valence-corrected chi connectivity index (χ2v) is 4.07. The molecule has 0 heterocycles. The van der Waals surface area contributed by atoms with Crippen molar-refractivity contribution in [3.63, 3.8) is 0 Å². The average molecular weight is 278 g/mol. The maximum Gasteiger partial charge on any atom is 0.273 e. The molecule has 0 fully saturated rings. The van der Waals surface area contributed by atoms with E-state index < -0.39 is 4.92 Å². The molecule has 19 heavy (non-hydrogen) atoms. The number of nitrogens with zero attached hydrogens (tertiary/aromatic N) is 1. The van der Waals surface area contributed by atoms with Gasteiger partial charge >= 0.3 is 0 Å². The molecule has 0 spiro atoms. The SMILES string of the molecule is O=Cc1ccc(Oc2cccc([N+](=O)[O-])c2)c(Cl)c1. The molecule has 0 aliphatic carbocycles. The lowest BCUT2D eigenvalue weighted by Gasteiger charge is -2.07. The number of ether oxygens (including phenoxy) is 1. The number of hydrogen-bond acceptors (Lipinski definition) is 4. The summed E-state index contributed by atoms with van der Waals surface area (Å²) in [5.74, 6) is 0.628. The Morgan fingerprint density at radius 1 is 1.21 bits per heavy atom. The minimum atomic E-state index is -0.510. The van der Waals surface area contributed by atoms with Crippen molar-refractivity contribution in [3.05, 3.63) is 63.2 Å². The third-order valence-electron chi connectivity index (χ3n) is 2.35. The number of benzene rings is 2. The first kappa shape index (κ1) is 13.0. The molecule has 2 aromatic rings. The van der Waals surface area contributed by atoms with Crippen LogP contribution in [0.5, 0.6) is 11.5 Å². The Bertz CT molecular complexity index is 642. The lowest BCUT2D eigenvalue weighted by molar-refractivity contribution is -0.384. The number of aldehydes is 1. The van der Waals surface area contributed by atoms with Gasteiger partial charge in [0, 0.05) is 11.6 Å². The van der Waals surface area contributed by atoms with Gasteiger partial charge in [0.15, 0.2) is 0 Å². The third-order valence-corrected chi connectivity index (χ3v) is 2.64. The molecule has 96 valence electrons. The molecule has 0 aliphatic heterocycles. The number of non-ortho nitro benzene ring substituents is 1. The van der Waals surface area contributed by atoms with E-state index in [-0.39, 0.29) is 10.7 Å². The molecule has 2 aromatic carbocycles. The Morgan fingerprint density at radius 2 is 2.00 bits per heavy atom. The average Bonchev–Trinajstić information content (AvgIpc) is 2.41. The van der Waals surface area contributed by atoms with Crippen LogP contribution >= 0.6 is 11.6 Å². The minimum absolute atomic E-state index is 0.0712. The zero-order valence-electron chi connectivity index (χ0n) is 9.58. The lowest BCUT2D eigenvalue weighted by atomic mass is 10.2. The van der Waals surface area contributed by atoms with E-state index in [0.29, 0.717) is 23.3 Å². The Kier molecular flexibility index (Phi) is 3.77. The first-order chi connectivity index (χ1) is 9.10. The van der Waals surface area contributed by atoms with Crippen LogP contribution in [0.25, 0.3) is 0 Å². The van der Waals surface area contributed by atoms with Crippen molar-refractivity contribution >= 4 is 23.6 Å². The van der Waals surface area contributed by atoms with Gasteiger partial charge in [-0.2, -0.15) is 0 Å². The summed E-state index contributed by atoms with van der Waals surface area (Å²) in [7, 11) is 0. The minimum Gasteiger partial charge on any atom is -0.456 e. The topological polar surface area (TPSA) is 69.4 Å². The monoisotopic (exact) mass is 277 g/mol. The van der Waals surface area contributed by atoms with Crippen molar-refractivity contribution in [1.82, 2.24) is 0 Å². The van der Waals surface area contributed by atoms with Crippen LogP contribution in [0.15, 0.2) is 42.5 Å². The molecular weight excluding hydrogens is 270 g/mol. The normalized spacial score (nSPS) is 9.95. The quantitative estimate of drug-likeness (QED) is 0.483. The highest BCUT2D eigenvalue weighted by atomic mass is 35.5. The van der Waals surface area contributed by atoms with E-state index in [1.807, 2.05) is 0 Å². The van der Waals surface area contributed by atoms with Crippen LogP contribution in [-0.4, -0.2) is 11.2 Å². The third kappa shape index (κ3) is 3.08. The van der Waals surface area contributed by atoms with Crippen LogP contribution in [0.2, 0.25) is 5.02 Å². The van der Waals surface area contributed by atoms with Gasteiger partial charge in [0.1, 0.15) is 17.8 Å². The summed E-state index contributed by atoms with van der Waals surface area (Å²) in [5.41, 5.74) is 0.356. The molecule has 0 aromatic heterocycles. The Balaban J connectivity index is 2.28. The van der Waals surface area contributed by atoms with Crippen LogP contribution in [0, 0.1) is 10.1 Å². The molecule has 2 rings (SSSR count). The van der Waals surface area contributed by atoms with Gasteiger partial charge in [-0.25, -0.2) is 0 Å². The highest BCUT2D eigenvalue weighted by Gasteiger charge is 2.09. The van der Waals surface area contributed by atoms with Crippen molar-refractivity contribution in [2.75, 3.05) is 0 Å². The summed E-state index contributed by atoms with van der Waals surface area (Å²) in [5, 5.41) is 10.9. The van der Waals surface area contributed by atoms with Gasteiger partial charge in [-0.1, -0.05) is 17.7 Å². The van der Waals surface area contributed by atoms with Crippen molar-refractivity contribution in [2.45, 2.75) is 0 Å². The largest absolute Gasteiger partial charge is 0.456 e. The molecule has 0 unspecified atom stereocenters. The van der Waals surface area contributed by atoms with Crippen molar-refractivity contribution in [1.29, 1.82) is 0 Å². The number of nitro groups is 1. The summed E-state index contributed by atoms with van der Waals surface area (Å²) in [4.78, 5) is 20.7. The first-order valence-electron chi connectivity index (χ1n) is 5.27.